The first-order chi connectivity index (χ1) is 12.2. The van der Waals surface area contributed by atoms with Crippen molar-refractivity contribution in [2.24, 2.45) is 0 Å². The Morgan fingerprint density at radius 2 is 1.80 bits per heavy atom. The molecule has 7 nitrogen and oxygen atoms in total. The Morgan fingerprint density at radius 3 is 2.64 bits per heavy atom. The number of rotatable bonds is 4. The highest BCUT2D eigenvalue weighted by Gasteiger charge is 2.14. The standard InChI is InChI=1S/C18H15N5O2/c24-16(19-10-13-6-2-1-3-7-13)12-22-17-11-20-21-23(17)15-9-5-4-8-14(15)18(22)25/h1-9,11H,10,12H2,(H,19,24). The van der Waals surface area contributed by atoms with Gasteiger partial charge >= 0.3 is 0 Å². The molecule has 0 radical (unpaired) electrons. The van der Waals surface area contributed by atoms with Crippen molar-refractivity contribution < 1.29 is 4.79 Å². The lowest BCUT2D eigenvalue weighted by Gasteiger charge is -2.10. The maximum absolute atomic E-state index is 12.8. The first-order valence-electron chi connectivity index (χ1n) is 7.86. The van der Waals surface area contributed by atoms with E-state index in [1.54, 1.807) is 22.7 Å². The van der Waals surface area contributed by atoms with Gasteiger partial charge in [-0.25, -0.2) is 0 Å². The van der Waals surface area contributed by atoms with Gasteiger partial charge in [0.05, 0.1) is 17.1 Å². The minimum atomic E-state index is -0.246. The van der Waals surface area contributed by atoms with Crippen molar-refractivity contribution in [3.8, 4) is 0 Å². The number of para-hydroxylation sites is 1. The molecule has 0 atom stereocenters. The van der Waals surface area contributed by atoms with Gasteiger partial charge in [-0.15, -0.1) is 5.10 Å². The molecule has 0 bridgehead atoms. The molecule has 4 rings (SSSR count). The fourth-order valence-electron chi connectivity index (χ4n) is 2.82. The number of nitrogens with one attached hydrogen (secondary N) is 1. The van der Waals surface area contributed by atoms with Crippen LogP contribution < -0.4 is 10.9 Å². The highest BCUT2D eigenvalue weighted by molar-refractivity contribution is 5.82. The summed E-state index contributed by atoms with van der Waals surface area (Å²) in [6, 6.07) is 16.8. The first kappa shape index (κ1) is 15.1. The van der Waals surface area contributed by atoms with E-state index in [9.17, 15) is 9.59 Å². The zero-order chi connectivity index (χ0) is 17.2. The molecule has 1 N–H and O–H groups in total. The molecule has 7 heteroatoms. The molecule has 0 fully saturated rings. The van der Waals surface area contributed by atoms with Crippen molar-refractivity contribution >= 4 is 22.5 Å². The van der Waals surface area contributed by atoms with Crippen LogP contribution in [-0.4, -0.2) is 25.3 Å². The highest BCUT2D eigenvalue weighted by Crippen LogP contribution is 2.11. The smallest absolute Gasteiger partial charge is 0.262 e. The maximum Gasteiger partial charge on any atom is 0.262 e. The van der Waals surface area contributed by atoms with Crippen molar-refractivity contribution in [1.82, 2.24) is 24.7 Å². The summed E-state index contributed by atoms with van der Waals surface area (Å²) in [7, 11) is 0. The molecule has 0 unspecified atom stereocenters. The summed E-state index contributed by atoms with van der Waals surface area (Å²) in [4.78, 5) is 25.1. The molecule has 4 aromatic rings. The fourth-order valence-corrected chi connectivity index (χ4v) is 2.82. The van der Waals surface area contributed by atoms with Crippen molar-refractivity contribution in [3.63, 3.8) is 0 Å². The summed E-state index contributed by atoms with van der Waals surface area (Å²) in [6.07, 6.45) is 1.48. The van der Waals surface area contributed by atoms with Gasteiger partial charge in [0, 0.05) is 6.54 Å². The van der Waals surface area contributed by atoms with Gasteiger partial charge in [-0.2, -0.15) is 4.52 Å². The molecular formula is C18H15N5O2. The largest absolute Gasteiger partial charge is 0.350 e. The van der Waals surface area contributed by atoms with Crippen molar-refractivity contribution in [2.45, 2.75) is 13.1 Å². The summed E-state index contributed by atoms with van der Waals surface area (Å²) < 4.78 is 2.96. The highest BCUT2D eigenvalue weighted by atomic mass is 16.2. The second-order valence-corrected chi connectivity index (χ2v) is 5.67. The van der Waals surface area contributed by atoms with Gasteiger partial charge in [-0.1, -0.05) is 47.7 Å². The van der Waals surface area contributed by atoms with Crippen LogP contribution in [0.3, 0.4) is 0 Å². The van der Waals surface area contributed by atoms with Crippen LogP contribution in [0.5, 0.6) is 0 Å². The van der Waals surface area contributed by atoms with Crippen molar-refractivity contribution in [1.29, 1.82) is 0 Å². The van der Waals surface area contributed by atoms with E-state index in [-0.39, 0.29) is 18.0 Å². The van der Waals surface area contributed by atoms with Crippen LogP contribution in [0, 0.1) is 0 Å². The third-order valence-corrected chi connectivity index (χ3v) is 4.05. The maximum atomic E-state index is 12.8. The Bertz CT molecular complexity index is 1110. The van der Waals surface area contributed by atoms with E-state index < -0.39 is 0 Å². The lowest BCUT2D eigenvalue weighted by atomic mass is 10.2. The van der Waals surface area contributed by atoms with Crippen LogP contribution >= 0.6 is 0 Å². The Balaban J connectivity index is 1.66. The average molecular weight is 333 g/mol. The van der Waals surface area contributed by atoms with Gasteiger partial charge < -0.3 is 5.32 Å². The molecule has 0 aliphatic heterocycles. The minimum absolute atomic E-state index is 0.0899. The normalized spacial score (nSPS) is 11.0. The van der Waals surface area contributed by atoms with Crippen LogP contribution in [0.1, 0.15) is 5.56 Å². The molecule has 0 spiro atoms. The topological polar surface area (TPSA) is 81.3 Å². The molecule has 2 aromatic carbocycles. The number of carbonyl (C=O) groups excluding carboxylic acids is 1. The lowest BCUT2D eigenvalue weighted by Crippen LogP contribution is -2.33. The number of hydrogen-bond donors (Lipinski definition) is 1. The third kappa shape index (κ3) is 2.76. The SMILES string of the molecule is O=C(Cn1c(=O)c2ccccc2n2nncc12)NCc1ccccc1. The Hall–Kier alpha value is -3.48. The summed E-state index contributed by atoms with van der Waals surface area (Å²) >= 11 is 0. The van der Waals surface area contributed by atoms with Gasteiger partial charge in [0.15, 0.2) is 5.65 Å². The van der Waals surface area contributed by atoms with Gasteiger partial charge in [0.25, 0.3) is 5.56 Å². The van der Waals surface area contributed by atoms with Crippen LogP contribution in [-0.2, 0) is 17.9 Å². The first-order valence-corrected chi connectivity index (χ1v) is 7.86. The van der Waals surface area contributed by atoms with E-state index in [2.05, 4.69) is 15.6 Å². The summed E-state index contributed by atoms with van der Waals surface area (Å²) in [5, 5.41) is 11.2. The number of fused-ring (bicyclic) bond motifs is 3. The van der Waals surface area contributed by atoms with Crippen LogP contribution in [0.2, 0.25) is 0 Å². The fraction of sp³-hybridized carbons (Fsp3) is 0.111. The second-order valence-electron chi connectivity index (χ2n) is 5.67. The average Bonchev–Trinajstić information content (AvgIpc) is 3.14. The van der Waals surface area contributed by atoms with E-state index in [1.807, 2.05) is 36.4 Å². The second kappa shape index (κ2) is 6.20. The van der Waals surface area contributed by atoms with Gasteiger partial charge in [-0.3, -0.25) is 14.2 Å². The Labute approximate surface area is 142 Å². The number of hydrogen-bond acceptors (Lipinski definition) is 4. The molecule has 0 aliphatic rings. The van der Waals surface area contributed by atoms with E-state index in [1.165, 1.54) is 10.8 Å². The molecule has 0 aliphatic carbocycles. The van der Waals surface area contributed by atoms with Gasteiger partial charge in [-0.05, 0) is 17.7 Å². The predicted octanol–water partition coefficient (Wildman–Crippen LogP) is 1.36. The zero-order valence-corrected chi connectivity index (χ0v) is 13.3. The quantitative estimate of drug-likeness (QED) is 0.611. The number of nitrogens with zero attached hydrogens (tertiary/aromatic N) is 4. The molecule has 2 heterocycles. The molecule has 0 saturated carbocycles. The minimum Gasteiger partial charge on any atom is -0.350 e. The van der Waals surface area contributed by atoms with Gasteiger partial charge in [0.2, 0.25) is 5.91 Å². The number of aromatic nitrogens is 4. The van der Waals surface area contributed by atoms with E-state index in [0.29, 0.717) is 23.1 Å². The van der Waals surface area contributed by atoms with Crippen LogP contribution in [0.4, 0.5) is 0 Å². The monoisotopic (exact) mass is 333 g/mol. The molecule has 124 valence electrons. The summed E-state index contributed by atoms with van der Waals surface area (Å²) in [5.74, 6) is -0.246. The van der Waals surface area contributed by atoms with Crippen molar-refractivity contribution in [2.75, 3.05) is 0 Å². The lowest BCUT2D eigenvalue weighted by molar-refractivity contribution is -0.121. The molecule has 1 amide bonds. The predicted molar refractivity (Wildman–Crippen MR) is 93.0 cm³/mol. The van der Waals surface area contributed by atoms with E-state index in [4.69, 9.17) is 0 Å². The van der Waals surface area contributed by atoms with E-state index in [0.717, 1.165) is 5.56 Å². The Kier molecular flexibility index (Phi) is 3.74. The molecule has 2 aromatic heterocycles. The van der Waals surface area contributed by atoms with E-state index >= 15 is 0 Å². The van der Waals surface area contributed by atoms with Crippen LogP contribution in [0.25, 0.3) is 16.6 Å². The molecular weight excluding hydrogens is 318 g/mol. The number of benzene rings is 2. The zero-order valence-electron chi connectivity index (χ0n) is 13.3. The van der Waals surface area contributed by atoms with Gasteiger partial charge in [0.1, 0.15) is 6.54 Å². The Morgan fingerprint density at radius 1 is 1.04 bits per heavy atom. The van der Waals surface area contributed by atoms with Crippen LogP contribution in [0.15, 0.2) is 65.6 Å². The molecule has 0 saturated heterocycles. The number of carbonyl (C=O) groups is 1. The third-order valence-electron chi connectivity index (χ3n) is 4.05. The van der Waals surface area contributed by atoms with Crippen molar-refractivity contribution in [3.05, 3.63) is 76.7 Å². The number of amides is 1. The molecule has 25 heavy (non-hydrogen) atoms. The summed E-state index contributed by atoms with van der Waals surface area (Å²) in [5.41, 5.74) is 1.91. The summed E-state index contributed by atoms with van der Waals surface area (Å²) in [6.45, 7) is 0.323.